The molecular formula is C13H19N3O3. The van der Waals surface area contributed by atoms with E-state index in [9.17, 15) is 9.59 Å². The molecule has 0 saturated heterocycles. The molecule has 0 radical (unpaired) electrons. The molecule has 6 heteroatoms. The fraction of sp³-hybridized carbons (Fsp3) is 0.385. The molecule has 104 valence electrons. The number of nitrogen functional groups attached to an aromatic ring is 1. The van der Waals surface area contributed by atoms with E-state index >= 15 is 0 Å². The second kappa shape index (κ2) is 6.08. The number of carboxylic acid groups (broad SMARTS) is 1. The van der Waals surface area contributed by atoms with Gasteiger partial charge in [0.2, 0.25) is 0 Å². The molecule has 0 aliphatic heterocycles. The maximum Gasteiger partial charge on any atom is 0.326 e. The van der Waals surface area contributed by atoms with Gasteiger partial charge in [-0.3, -0.25) is 4.79 Å². The number of hydrogen-bond acceptors (Lipinski definition) is 4. The van der Waals surface area contributed by atoms with Crippen molar-refractivity contribution in [1.82, 2.24) is 5.32 Å². The number of benzene rings is 1. The first-order chi connectivity index (χ1) is 8.86. The van der Waals surface area contributed by atoms with E-state index in [4.69, 9.17) is 10.8 Å². The molecule has 0 aromatic heterocycles. The average Bonchev–Trinajstić information content (AvgIpc) is 2.34. The Morgan fingerprint density at radius 3 is 2.47 bits per heavy atom. The minimum absolute atomic E-state index is 0.326. The van der Waals surface area contributed by atoms with E-state index < -0.39 is 17.9 Å². The number of rotatable bonds is 5. The number of anilines is 2. The van der Waals surface area contributed by atoms with Gasteiger partial charge in [-0.2, -0.15) is 0 Å². The fourth-order valence-electron chi connectivity index (χ4n) is 1.68. The lowest BCUT2D eigenvalue weighted by atomic mass is 10.1. The maximum atomic E-state index is 11.9. The normalized spacial score (nSPS) is 11.7. The molecule has 0 aliphatic carbocycles. The second-order valence-corrected chi connectivity index (χ2v) is 4.44. The lowest BCUT2D eigenvalue weighted by Gasteiger charge is -2.17. The first kappa shape index (κ1) is 14.8. The van der Waals surface area contributed by atoms with Gasteiger partial charge in [-0.25, -0.2) is 4.79 Å². The summed E-state index contributed by atoms with van der Waals surface area (Å²) >= 11 is 0. The molecule has 0 saturated carbocycles. The molecule has 0 heterocycles. The molecule has 0 aliphatic rings. The van der Waals surface area contributed by atoms with E-state index in [0.717, 1.165) is 5.69 Å². The molecular weight excluding hydrogens is 246 g/mol. The third-order valence-corrected chi connectivity index (χ3v) is 2.78. The summed E-state index contributed by atoms with van der Waals surface area (Å²) in [5.74, 6) is -1.49. The SMILES string of the molecule is CCC(NC(=O)c1ccc(N(C)C)c(N)c1)C(=O)O. The monoisotopic (exact) mass is 265 g/mol. The summed E-state index contributed by atoms with van der Waals surface area (Å²) in [6.45, 7) is 1.70. The number of nitrogens with two attached hydrogens (primary N) is 1. The van der Waals surface area contributed by atoms with Crippen molar-refractivity contribution in [2.75, 3.05) is 24.7 Å². The van der Waals surface area contributed by atoms with Gasteiger partial charge in [0.25, 0.3) is 5.91 Å². The van der Waals surface area contributed by atoms with E-state index in [-0.39, 0.29) is 0 Å². The van der Waals surface area contributed by atoms with Gasteiger partial charge in [-0.1, -0.05) is 6.92 Å². The van der Waals surface area contributed by atoms with Gasteiger partial charge in [0.05, 0.1) is 11.4 Å². The highest BCUT2D eigenvalue weighted by molar-refractivity contribution is 5.98. The van der Waals surface area contributed by atoms with Crippen LogP contribution in [0, 0.1) is 0 Å². The molecule has 6 nitrogen and oxygen atoms in total. The van der Waals surface area contributed by atoms with Gasteiger partial charge in [0, 0.05) is 19.7 Å². The van der Waals surface area contributed by atoms with Gasteiger partial charge in [0.1, 0.15) is 6.04 Å². The Balaban J connectivity index is 2.89. The third-order valence-electron chi connectivity index (χ3n) is 2.78. The highest BCUT2D eigenvalue weighted by Gasteiger charge is 2.18. The maximum absolute atomic E-state index is 11.9. The van der Waals surface area contributed by atoms with Gasteiger partial charge < -0.3 is 21.1 Å². The zero-order valence-corrected chi connectivity index (χ0v) is 11.3. The molecule has 0 spiro atoms. The highest BCUT2D eigenvalue weighted by Crippen LogP contribution is 2.22. The smallest absolute Gasteiger partial charge is 0.326 e. The highest BCUT2D eigenvalue weighted by atomic mass is 16.4. The number of nitrogens with zero attached hydrogens (tertiary/aromatic N) is 1. The van der Waals surface area contributed by atoms with E-state index in [2.05, 4.69) is 5.32 Å². The Bertz CT molecular complexity index is 486. The van der Waals surface area contributed by atoms with Crippen molar-refractivity contribution in [2.45, 2.75) is 19.4 Å². The van der Waals surface area contributed by atoms with Crippen molar-refractivity contribution in [3.8, 4) is 0 Å². The summed E-state index contributed by atoms with van der Waals surface area (Å²) in [5.41, 5.74) is 7.48. The Hall–Kier alpha value is -2.24. The quantitative estimate of drug-likeness (QED) is 0.688. The van der Waals surface area contributed by atoms with Crippen LogP contribution >= 0.6 is 0 Å². The zero-order chi connectivity index (χ0) is 14.6. The van der Waals surface area contributed by atoms with Crippen molar-refractivity contribution >= 4 is 23.3 Å². The third kappa shape index (κ3) is 3.61. The summed E-state index contributed by atoms with van der Waals surface area (Å²) < 4.78 is 0. The molecule has 19 heavy (non-hydrogen) atoms. The number of carboxylic acids is 1. The van der Waals surface area contributed by atoms with Crippen molar-refractivity contribution < 1.29 is 14.7 Å². The number of carbonyl (C=O) groups is 2. The fourth-order valence-corrected chi connectivity index (χ4v) is 1.68. The number of nitrogens with one attached hydrogen (secondary N) is 1. The van der Waals surface area contributed by atoms with Crippen LogP contribution in [0.3, 0.4) is 0 Å². The van der Waals surface area contributed by atoms with Crippen LogP contribution in [-0.2, 0) is 4.79 Å². The van der Waals surface area contributed by atoms with Crippen LogP contribution < -0.4 is 16.0 Å². The lowest BCUT2D eigenvalue weighted by molar-refractivity contribution is -0.139. The lowest BCUT2D eigenvalue weighted by Crippen LogP contribution is -2.40. The summed E-state index contributed by atoms with van der Waals surface area (Å²) in [7, 11) is 3.70. The molecule has 1 aromatic rings. The van der Waals surface area contributed by atoms with Crippen LogP contribution in [0.2, 0.25) is 0 Å². The van der Waals surface area contributed by atoms with Crippen molar-refractivity contribution in [2.24, 2.45) is 0 Å². The van der Waals surface area contributed by atoms with Crippen LogP contribution in [0.15, 0.2) is 18.2 Å². The Morgan fingerprint density at radius 1 is 1.42 bits per heavy atom. The van der Waals surface area contributed by atoms with Crippen LogP contribution in [0.4, 0.5) is 11.4 Å². The summed E-state index contributed by atoms with van der Waals surface area (Å²) in [6.07, 6.45) is 0.326. The number of hydrogen-bond donors (Lipinski definition) is 3. The molecule has 0 fully saturated rings. The van der Waals surface area contributed by atoms with Crippen LogP contribution in [-0.4, -0.2) is 37.1 Å². The van der Waals surface area contributed by atoms with Crippen LogP contribution in [0.25, 0.3) is 0 Å². The largest absolute Gasteiger partial charge is 0.480 e. The Morgan fingerprint density at radius 2 is 2.05 bits per heavy atom. The first-order valence-corrected chi connectivity index (χ1v) is 5.97. The zero-order valence-electron chi connectivity index (χ0n) is 11.3. The van der Waals surface area contributed by atoms with Gasteiger partial charge in [-0.05, 0) is 24.6 Å². The number of amides is 1. The number of aliphatic carboxylic acids is 1. The molecule has 1 amide bonds. The predicted molar refractivity (Wildman–Crippen MR) is 74.4 cm³/mol. The van der Waals surface area contributed by atoms with Crippen LogP contribution in [0.1, 0.15) is 23.7 Å². The molecule has 0 bridgehead atoms. The van der Waals surface area contributed by atoms with E-state index in [0.29, 0.717) is 17.7 Å². The second-order valence-electron chi connectivity index (χ2n) is 4.44. The molecule has 1 aromatic carbocycles. The molecule has 1 unspecified atom stereocenters. The summed E-state index contributed by atoms with van der Waals surface area (Å²) in [4.78, 5) is 24.6. The molecule has 1 rings (SSSR count). The molecule has 1 atom stereocenters. The van der Waals surface area contributed by atoms with E-state index in [1.807, 2.05) is 19.0 Å². The van der Waals surface area contributed by atoms with Crippen molar-refractivity contribution in [3.63, 3.8) is 0 Å². The first-order valence-electron chi connectivity index (χ1n) is 5.97. The number of carbonyl (C=O) groups excluding carboxylic acids is 1. The minimum atomic E-state index is -1.05. The minimum Gasteiger partial charge on any atom is -0.480 e. The van der Waals surface area contributed by atoms with E-state index in [1.165, 1.54) is 0 Å². The van der Waals surface area contributed by atoms with E-state index in [1.54, 1.807) is 25.1 Å². The van der Waals surface area contributed by atoms with Gasteiger partial charge in [-0.15, -0.1) is 0 Å². The summed E-state index contributed by atoms with van der Waals surface area (Å²) in [5, 5.41) is 11.3. The Labute approximate surface area is 112 Å². The van der Waals surface area contributed by atoms with Crippen molar-refractivity contribution in [3.05, 3.63) is 23.8 Å². The standard InChI is InChI=1S/C13H19N3O3/c1-4-10(13(18)19)15-12(17)8-5-6-11(16(2)3)9(14)7-8/h5-7,10H,4,14H2,1-3H3,(H,15,17)(H,18,19). The summed E-state index contributed by atoms with van der Waals surface area (Å²) in [6, 6.07) is 4.00. The average molecular weight is 265 g/mol. The van der Waals surface area contributed by atoms with Gasteiger partial charge >= 0.3 is 5.97 Å². The topological polar surface area (TPSA) is 95.7 Å². The Kier molecular flexibility index (Phi) is 4.74. The van der Waals surface area contributed by atoms with Crippen molar-refractivity contribution in [1.29, 1.82) is 0 Å². The van der Waals surface area contributed by atoms with Gasteiger partial charge in [0.15, 0.2) is 0 Å². The predicted octanol–water partition coefficient (Wildman–Crippen LogP) is 0.928. The van der Waals surface area contributed by atoms with Crippen LogP contribution in [0.5, 0.6) is 0 Å². The molecule has 4 N–H and O–H groups in total.